The molecule has 0 aliphatic heterocycles. The van der Waals surface area contributed by atoms with E-state index in [2.05, 4.69) is 5.32 Å². The zero-order chi connectivity index (χ0) is 14.3. The van der Waals surface area contributed by atoms with Crippen LogP contribution in [-0.4, -0.2) is 58.5 Å². The van der Waals surface area contributed by atoms with Crippen LogP contribution in [0.2, 0.25) is 0 Å². The van der Waals surface area contributed by atoms with Gasteiger partial charge >= 0.3 is 12.0 Å². The number of aliphatic hydroxyl groups is 2. The molecule has 1 unspecified atom stereocenters. The Kier molecular flexibility index (Phi) is 6.26. The van der Waals surface area contributed by atoms with Gasteiger partial charge in [0.05, 0.1) is 13.2 Å². The van der Waals surface area contributed by atoms with E-state index >= 15 is 0 Å². The Morgan fingerprint density at radius 3 is 2.37 bits per heavy atom. The molecule has 0 aliphatic carbocycles. The standard InChI is InChI=1S/C11H16N2O5S/c14-5-3-13(4-6-15)11(18)12-9(10(16)17)8-2-1-7-19-8/h1-2,7,9,14-15H,3-6H2,(H,12,18)(H,16,17). The van der Waals surface area contributed by atoms with Crippen LogP contribution in [0.25, 0.3) is 0 Å². The molecule has 0 radical (unpaired) electrons. The fourth-order valence-corrected chi connectivity index (χ4v) is 2.25. The van der Waals surface area contributed by atoms with Crippen LogP contribution in [0.15, 0.2) is 17.5 Å². The van der Waals surface area contributed by atoms with E-state index in [1.807, 2.05) is 0 Å². The van der Waals surface area contributed by atoms with Crippen molar-refractivity contribution in [2.45, 2.75) is 6.04 Å². The number of carboxylic acid groups (broad SMARTS) is 1. The summed E-state index contributed by atoms with van der Waals surface area (Å²) in [6.07, 6.45) is 0. The van der Waals surface area contributed by atoms with Gasteiger partial charge in [0.1, 0.15) is 0 Å². The number of hydrogen-bond acceptors (Lipinski definition) is 5. The predicted molar refractivity (Wildman–Crippen MR) is 69.0 cm³/mol. The number of hydrogen-bond donors (Lipinski definition) is 4. The number of aliphatic hydroxyl groups excluding tert-OH is 2. The molecule has 0 spiro atoms. The molecular weight excluding hydrogens is 272 g/mol. The number of carboxylic acids is 1. The first kappa shape index (κ1) is 15.4. The van der Waals surface area contributed by atoms with Gasteiger partial charge in [-0.15, -0.1) is 11.3 Å². The third-order valence-corrected chi connectivity index (χ3v) is 3.31. The first-order chi connectivity index (χ1) is 9.10. The summed E-state index contributed by atoms with van der Waals surface area (Å²) in [7, 11) is 0. The Balaban J connectivity index is 2.73. The second-order valence-corrected chi connectivity index (χ2v) is 4.65. The number of carbonyl (C=O) groups excluding carboxylic acids is 1. The fourth-order valence-electron chi connectivity index (χ4n) is 1.48. The number of amides is 2. The fraction of sp³-hybridized carbons (Fsp3) is 0.455. The zero-order valence-corrected chi connectivity index (χ0v) is 11.0. The van der Waals surface area contributed by atoms with Gasteiger partial charge in [-0.2, -0.15) is 0 Å². The van der Waals surface area contributed by atoms with Crippen molar-refractivity contribution in [3.63, 3.8) is 0 Å². The van der Waals surface area contributed by atoms with Gasteiger partial charge in [-0.3, -0.25) is 0 Å². The van der Waals surface area contributed by atoms with E-state index in [1.54, 1.807) is 17.5 Å². The average Bonchev–Trinajstić information content (AvgIpc) is 2.88. The van der Waals surface area contributed by atoms with Crippen LogP contribution in [-0.2, 0) is 4.79 Å². The summed E-state index contributed by atoms with van der Waals surface area (Å²) < 4.78 is 0. The second kappa shape index (κ2) is 7.72. The van der Waals surface area contributed by atoms with Crippen LogP contribution in [0, 0.1) is 0 Å². The quantitative estimate of drug-likeness (QED) is 0.558. The second-order valence-electron chi connectivity index (χ2n) is 3.67. The number of rotatable bonds is 7. The molecule has 4 N–H and O–H groups in total. The normalized spacial score (nSPS) is 11.9. The largest absolute Gasteiger partial charge is 0.479 e. The van der Waals surface area contributed by atoms with Crippen LogP contribution in [0.5, 0.6) is 0 Å². The maximum atomic E-state index is 11.9. The van der Waals surface area contributed by atoms with E-state index in [1.165, 1.54) is 11.3 Å². The van der Waals surface area contributed by atoms with E-state index in [4.69, 9.17) is 15.3 Å². The van der Waals surface area contributed by atoms with E-state index < -0.39 is 18.0 Å². The Hall–Kier alpha value is -1.64. The number of nitrogens with one attached hydrogen (secondary N) is 1. The highest BCUT2D eigenvalue weighted by atomic mass is 32.1. The van der Waals surface area contributed by atoms with Crippen molar-refractivity contribution in [2.75, 3.05) is 26.3 Å². The van der Waals surface area contributed by atoms with Gasteiger partial charge < -0.3 is 25.5 Å². The van der Waals surface area contributed by atoms with Crippen molar-refractivity contribution in [1.82, 2.24) is 10.2 Å². The zero-order valence-electron chi connectivity index (χ0n) is 10.2. The van der Waals surface area contributed by atoms with Crippen LogP contribution in [0.3, 0.4) is 0 Å². The molecule has 0 aliphatic rings. The first-order valence-corrected chi connectivity index (χ1v) is 6.51. The first-order valence-electron chi connectivity index (χ1n) is 5.63. The van der Waals surface area contributed by atoms with Crippen LogP contribution >= 0.6 is 11.3 Å². The highest BCUT2D eigenvalue weighted by molar-refractivity contribution is 7.10. The van der Waals surface area contributed by atoms with Gasteiger partial charge in [0, 0.05) is 18.0 Å². The van der Waals surface area contributed by atoms with E-state index in [0.717, 1.165) is 4.90 Å². The maximum absolute atomic E-state index is 11.9. The SMILES string of the molecule is O=C(O)C(NC(=O)N(CCO)CCO)c1cccs1. The lowest BCUT2D eigenvalue weighted by atomic mass is 10.2. The summed E-state index contributed by atoms with van der Waals surface area (Å²) in [4.78, 5) is 24.7. The summed E-state index contributed by atoms with van der Waals surface area (Å²) in [5, 5.41) is 30.8. The van der Waals surface area contributed by atoms with E-state index in [9.17, 15) is 9.59 Å². The number of aliphatic carboxylic acids is 1. The molecule has 1 aromatic rings. The van der Waals surface area contributed by atoms with E-state index in [0.29, 0.717) is 4.88 Å². The van der Waals surface area contributed by atoms with Gasteiger partial charge in [-0.1, -0.05) is 6.07 Å². The summed E-state index contributed by atoms with van der Waals surface area (Å²) in [5.74, 6) is -1.16. The van der Waals surface area contributed by atoms with Crippen molar-refractivity contribution < 1.29 is 24.9 Å². The molecule has 106 valence electrons. The minimum absolute atomic E-state index is 0.0309. The van der Waals surface area contributed by atoms with Crippen LogP contribution in [0.1, 0.15) is 10.9 Å². The molecular formula is C11H16N2O5S. The number of carbonyl (C=O) groups is 2. The molecule has 8 heteroatoms. The third-order valence-electron chi connectivity index (χ3n) is 2.37. The maximum Gasteiger partial charge on any atom is 0.331 e. The van der Waals surface area contributed by atoms with Crippen molar-refractivity contribution in [1.29, 1.82) is 0 Å². The summed E-state index contributed by atoms with van der Waals surface area (Å²) in [6, 6.07) is 1.55. The van der Waals surface area contributed by atoms with Crippen molar-refractivity contribution in [3.05, 3.63) is 22.4 Å². The molecule has 1 heterocycles. The molecule has 19 heavy (non-hydrogen) atoms. The molecule has 1 atom stereocenters. The van der Waals surface area contributed by atoms with Crippen LogP contribution in [0.4, 0.5) is 4.79 Å². The minimum atomic E-state index is -1.16. The third kappa shape index (κ3) is 4.51. The van der Waals surface area contributed by atoms with Crippen LogP contribution < -0.4 is 5.32 Å². The van der Waals surface area contributed by atoms with Gasteiger partial charge in [0.15, 0.2) is 6.04 Å². The Morgan fingerprint density at radius 1 is 1.32 bits per heavy atom. The Morgan fingerprint density at radius 2 is 1.95 bits per heavy atom. The van der Waals surface area contributed by atoms with Gasteiger partial charge in [-0.05, 0) is 11.4 Å². The number of thiophene rings is 1. The lowest BCUT2D eigenvalue weighted by molar-refractivity contribution is -0.139. The summed E-state index contributed by atoms with van der Waals surface area (Å²) in [6.45, 7) is -0.458. The molecule has 0 aromatic carbocycles. The van der Waals surface area contributed by atoms with Gasteiger partial charge in [-0.25, -0.2) is 9.59 Å². The van der Waals surface area contributed by atoms with E-state index in [-0.39, 0.29) is 26.3 Å². The molecule has 0 fully saturated rings. The summed E-state index contributed by atoms with van der Waals surface area (Å²) >= 11 is 1.23. The van der Waals surface area contributed by atoms with Crippen molar-refractivity contribution in [3.8, 4) is 0 Å². The molecule has 1 rings (SSSR count). The van der Waals surface area contributed by atoms with Gasteiger partial charge in [0.25, 0.3) is 0 Å². The average molecular weight is 288 g/mol. The number of urea groups is 1. The monoisotopic (exact) mass is 288 g/mol. The van der Waals surface area contributed by atoms with Crippen molar-refractivity contribution in [2.24, 2.45) is 0 Å². The van der Waals surface area contributed by atoms with Crippen molar-refractivity contribution >= 4 is 23.3 Å². The highest BCUT2D eigenvalue weighted by Gasteiger charge is 2.25. The Labute approximate surface area is 114 Å². The topological polar surface area (TPSA) is 110 Å². The molecule has 2 amide bonds. The number of nitrogens with zero attached hydrogens (tertiary/aromatic N) is 1. The molecule has 0 bridgehead atoms. The molecule has 7 nitrogen and oxygen atoms in total. The minimum Gasteiger partial charge on any atom is -0.479 e. The molecule has 0 saturated heterocycles. The lowest BCUT2D eigenvalue weighted by Crippen LogP contribution is -2.45. The Bertz CT molecular complexity index is 403. The highest BCUT2D eigenvalue weighted by Crippen LogP contribution is 2.19. The smallest absolute Gasteiger partial charge is 0.331 e. The van der Waals surface area contributed by atoms with Gasteiger partial charge in [0.2, 0.25) is 0 Å². The predicted octanol–water partition coefficient (Wildman–Crippen LogP) is -0.130. The molecule has 0 saturated carbocycles. The molecule has 1 aromatic heterocycles. The lowest BCUT2D eigenvalue weighted by Gasteiger charge is -2.23. The summed E-state index contributed by atoms with van der Waals surface area (Å²) in [5.41, 5.74) is 0.